The highest BCUT2D eigenvalue weighted by molar-refractivity contribution is 5.95. The molecule has 0 unspecified atom stereocenters. The molecule has 0 saturated carbocycles. The van der Waals surface area contributed by atoms with E-state index in [4.69, 9.17) is 0 Å². The molecule has 0 aromatic rings. The van der Waals surface area contributed by atoms with E-state index in [2.05, 4.69) is 16.4 Å². The smallest absolute Gasteiger partial charge is 0.275 e. The van der Waals surface area contributed by atoms with Crippen molar-refractivity contribution in [2.24, 2.45) is 4.99 Å². The number of hydrogen-bond donors (Lipinski definition) is 0. The number of carbonyl (C=O) groups excluding carboxylic acids is 1. The van der Waals surface area contributed by atoms with Crippen LogP contribution < -0.4 is 0 Å². The summed E-state index contributed by atoms with van der Waals surface area (Å²) in [5.74, 6) is -0.350. The molecule has 0 aromatic heterocycles. The number of aliphatic imine (C=N–C) groups is 1. The molecule has 0 rings (SSSR count). The monoisotopic (exact) mass is 127 g/mol. The second-order valence-corrected chi connectivity index (χ2v) is 1.50. The van der Waals surface area contributed by atoms with Gasteiger partial charge in [0, 0.05) is 0 Å². The van der Waals surface area contributed by atoms with Gasteiger partial charge in [-0.1, -0.05) is 0 Å². The van der Waals surface area contributed by atoms with Gasteiger partial charge < -0.3 is 4.74 Å². The van der Waals surface area contributed by atoms with Crippen molar-refractivity contribution in [1.82, 2.24) is 0 Å². The van der Waals surface area contributed by atoms with Crippen LogP contribution in [0, 0.1) is 0 Å². The van der Waals surface area contributed by atoms with Gasteiger partial charge in [-0.05, 0) is 13.6 Å². The van der Waals surface area contributed by atoms with Gasteiger partial charge in [0.05, 0.1) is 18.9 Å². The Labute approximate surface area is 54.0 Å². The lowest BCUT2D eigenvalue weighted by molar-refractivity contribution is -0.114. The van der Waals surface area contributed by atoms with Gasteiger partial charge in [-0.3, -0.25) is 4.79 Å². The van der Waals surface area contributed by atoms with Gasteiger partial charge in [0.25, 0.3) is 5.91 Å². The molecule has 50 valence electrons. The van der Waals surface area contributed by atoms with Crippen molar-refractivity contribution in [2.45, 2.75) is 6.92 Å². The van der Waals surface area contributed by atoms with E-state index in [0.29, 0.717) is 5.57 Å². The van der Waals surface area contributed by atoms with Crippen LogP contribution in [0.15, 0.2) is 16.8 Å². The Balaban J connectivity index is 4.01. The van der Waals surface area contributed by atoms with Gasteiger partial charge in [0.1, 0.15) is 0 Å². The van der Waals surface area contributed by atoms with Gasteiger partial charge in [0.2, 0.25) is 0 Å². The number of ether oxygens (including phenoxy) is 1. The fraction of sp³-hybridized carbons (Fsp3) is 0.333. The minimum Gasteiger partial charge on any atom is -0.504 e. The van der Waals surface area contributed by atoms with E-state index in [1.165, 1.54) is 13.4 Å². The summed E-state index contributed by atoms with van der Waals surface area (Å²) in [6.07, 6.45) is 1.33. The molecule has 1 amide bonds. The topological polar surface area (TPSA) is 38.7 Å². The predicted molar refractivity (Wildman–Crippen MR) is 35.3 cm³/mol. The van der Waals surface area contributed by atoms with Crippen LogP contribution in [-0.2, 0) is 9.53 Å². The fourth-order valence-electron chi connectivity index (χ4n) is 0.352. The van der Waals surface area contributed by atoms with Crippen molar-refractivity contribution in [2.75, 3.05) is 7.11 Å². The minimum absolute atomic E-state index is 0.350. The second-order valence-electron chi connectivity index (χ2n) is 1.50. The predicted octanol–water partition coefficient (Wildman–Crippen LogP) is 0.764. The summed E-state index contributed by atoms with van der Waals surface area (Å²) in [5.41, 5.74) is 0.451. The Kier molecular flexibility index (Phi) is 3.35. The quantitative estimate of drug-likeness (QED) is 0.312. The maximum absolute atomic E-state index is 10.5. The molecule has 9 heavy (non-hydrogen) atoms. The highest BCUT2D eigenvalue weighted by atomic mass is 16.5. The Morgan fingerprint density at radius 3 is 2.67 bits per heavy atom. The van der Waals surface area contributed by atoms with Crippen molar-refractivity contribution in [1.29, 1.82) is 0 Å². The van der Waals surface area contributed by atoms with Crippen molar-refractivity contribution in [3.63, 3.8) is 0 Å². The average molecular weight is 127 g/mol. The van der Waals surface area contributed by atoms with Crippen LogP contribution in [0.5, 0.6) is 0 Å². The van der Waals surface area contributed by atoms with E-state index in [0.717, 1.165) is 0 Å². The van der Waals surface area contributed by atoms with Crippen LogP contribution in [0.4, 0.5) is 0 Å². The highest BCUT2D eigenvalue weighted by Gasteiger charge is 1.97. The number of carbonyl (C=O) groups is 1. The number of amides is 1. The lowest BCUT2D eigenvalue weighted by Crippen LogP contribution is -1.93. The molecule has 0 bridgehead atoms. The van der Waals surface area contributed by atoms with E-state index >= 15 is 0 Å². The van der Waals surface area contributed by atoms with Crippen molar-refractivity contribution >= 4 is 12.6 Å². The first-order valence-corrected chi connectivity index (χ1v) is 2.43. The first-order valence-electron chi connectivity index (χ1n) is 2.43. The summed E-state index contributed by atoms with van der Waals surface area (Å²) in [7, 11) is 1.47. The lowest BCUT2D eigenvalue weighted by Gasteiger charge is -1.90. The SMILES string of the molecule is C=NC(=O)/C(C)=C/OC. The molecule has 0 radical (unpaired) electrons. The zero-order valence-corrected chi connectivity index (χ0v) is 5.55. The molecule has 0 spiro atoms. The normalized spacial score (nSPS) is 10.7. The Hall–Kier alpha value is -1.12. The van der Waals surface area contributed by atoms with E-state index in [1.807, 2.05) is 0 Å². The Morgan fingerprint density at radius 2 is 2.33 bits per heavy atom. The maximum Gasteiger partial charge on any atom is 0.275 e. The molecular formula is C6H9NO2. The summed E-state index contributed by atoms with van der Waals surface area (Å²) in [6.45, 7) is 4.68. The molecule has 3 nitrogen and oxygen atoms in total. The van der Waals surface area contributed by atoms with E-state index in [-0.39, 0.29) is 5.91 Å². The van der Waals surface area contributed by atoms with Gasteiger partial charge in [0.15, 0.2) is 0 Å². The van der Waals surface area contributed by atoms with Crippen molar-refractivity contribution in [3.8, 4) is 0 Å². The molecule has 3 heteroatoms. The highest BCUT2D eigenvalue weighted by Crippen LogP contribution is 1.93. The molecule has 0 fully saturated rings. The molecule has 0 aromatic carbocycles. The fourth-order valence-corrected chi connectivity index (χ4v) is 0.352. The Morgan fingerprint density at radius 1 is 1.78 bits per heavy atom. The molecule has 0 atom stereocenters. The van der Waals surface area contributed by atoms with Crippen LogP contribution in [0.2, 0.25) is 0 Å². The molecule has 0 aliphatic carbocycles. The summed E-state index contributed by atoms with van der Waals surface area (Å²) in [5, 5.41) is 0. The van der Waals surface area contributed by atoms with Crippen LogP contribution in [0.3, 0.4) is 0 Å². The summed E-state index contributed by atoms with van der Waals surface area (Å²) >= 11 is 0. The van der Waals surface area contributed by atoms with Gasteiger partial charge >= 0.3 is 0 Å². The summed E-state index contributed by atoms with van der Waals surface area (Å²) in [6, 6.07) is 0. The first-order chi connectivity index (χ1) is 4.22. The standard InChI is InChI=1S/C6H9NO2/c1-5(4-9-3)6(8)7-2/h4H,2H2,1,3H3/b5-4+. The number of rotatable bonds is 2. The average Bonchev–Trinajstić information content (AvgIpc) is 1.87. The Bertz CT molecular complexity index is 149. The maximum atomic E-state index is 10.5. The summed E-state index contributed by atoms with van der Waals surface area (Å²) < 4.78 is 4.56. The lowest BCUT2D eigenvalue weighted by atomic mass is 10.3. The third-order valence-corrected chi connectivity index (χ3v) is 0.776. The molecule has 0 saturated heterocycles. The number of methoxy groups -OCH3 is 1. The third kappa shape index (κ3) is 2.64. The van der Waals surface area contributed by atoms with Crippen LogP contribution in [-0.4, -0.2) is 19.7 Å². The van der Waals surface area contributed by atoms with E-state index < -0.39 is 0 Å². The number of nitrogens with zero attached hydrogens (tertiary/aromatic N) is 1. The van der Waals surface area contributed by atoms with Crippen LogP contribution in [0.25, 0.3) is 0 Å². The first kappa shape index (κ1) is 7.88. The van der Waals surface area contributed by atoms with Crippen molar-refractivity contribution in [3.05, 3.63) is 11.8 Å². The zero-order valence-electron chi connectivity index (χ0n) is 5.55. The minimum atomic E-state index is -0.350. The zero-order chi connectivity index (χ0) is 7.28. The largest absolute Gasteiger partial charge is 0.504 e. The van der Waals surface area contributed by atoms with Crippen LogP contribution >= 0.6 is 0 Å². The third-order valence-electron chi connectivity index (χ3n) is 0.776. The second kappa shape index (κ2) is 3.83. The molecule has 0 aliphatic heterocycles. The van der Waals surface area contributed by atoms with Crippen molar-refractivity contribution < 1.29 is 9.53 Å². The molecule has 0 N–H and O–H groups in total. The van der Waals surface area contributed by atoms with Gasteiger partial charge in [-0.2, -0.15) is 0 Å². The molecular weight excluding hydrogens is 118 g/mol. The molecule has 0 aliphatic rings. The van der Waals surface area contributed by atoms with Gasteiger partial charge in [-0.15, -0.1) is 0 Å². The molecule has 0 heterocycles. The van der Waals surface area contributed by atoms with E-state index in [9.17, 15) is 4.79 Å². The summed E-state index contributed by atoms with van der Waals surface area (Å²) in [4.78, 5) is 13.7. The number of hydrogen-bond acceptors (Lipinski definition) is 2. The van der Waals surface area contributed by atoms with E-state index in [1.54, 1.807) is 6.92 Å². The van der Waals surface area contributed by atoms with Gasteiger partial charge in [-0.25, -0.2) is 4.99 Å². The van der Waals surface area contributed by atoms with Crippen LogP contribution in [0.1, 0.15) is 6.92 Å².